The van der Waals surface area contributed by atoms with Gasteiger partial charge < -0.3 is 0 Å². The zero-order valence-electron chi connectivity index (χ0n) is 9.44. The quantitative estimate of drug-likeness (QED) is 0.722. The summed E-state index contributed by atoms with van der Waals surface area (Å²) in [4.78, 5) is 3.97. The molecule has 0 radical (unpaired) electrons. The number of hydrogen-bond donors (Lipinski definition) is 0. The van der Waals surface area contributed by atoms with Crippen molar-refractivity contribution in [3.05, 3.63) is 41.2 Å². The van der Waals surface area contributed by atoms with Crippen LogP contribution in [0.4, 0.5) is 0 Å². The summed E-state index contributed by atoms with van der Waals surface area (Å²) in [5.41, 5.74) is 2.41. The molecular weight excluding hydrogens is 198 g/mol. The lowest BCUT2D eigenvalue weighted by atomic mass is 9.94. The molecule has 1 atom stereocenters. The van der Waals surface area contributed by atoms with Crippen LogP contribution in [-0.4, -0.2) is 4.98 Å². The molecule has 0 aliphatic carbocycles. The molecular formula is C13H13N3. The molecule has 0 fully saturated rings. The van der Waals surface area contributed by atoms with Crippen molar-refractivity contribution in [2.45, 2.75) is 26.2 Å². The fourth-order valence-corrected chi connectivity index (χ4v) is 1.39. The summed E-state index contributed by atoms with van der Waals surface area (Å²) >= 11 is 0. The van der Waals surface area contributed by atoms with Gasteiger partial charge in [-0.15, -0.1) is 0 Å². The second kappa shape index (κ2) is 5.68. The molecule has 3 nitrogen and oxygen atoms in total. The number of hydrogen-bond acceptors (Lipinski definition) is 3. The average molecular weight is 211 g/mol. The minimum Gasteiger partial charge on any atom is -0.264 e. The molecule has 1 aromatic rings. The van der Waals surface area contributed by atoms with E-state index in [0.29, 0.717) is 17.5 Å². The molecule has 0 saturated heterocycles. The first-order valence-electron chi connectivity index (χ1n) is 5.06. The van der Waals surface area contributed by atoms with Gasteiger partial charge in [0.2, 0.25) is 0 Å². The number of aromatic nitrogens is 1. The van der Waals surface area contributed by atoms with Gasteiger partial charge >= 0.3 is 0 Å². The minimum absolute atomic E-state index is 0.293. The van der Waals surface area contributed by atoms with Crippen LogP contribution in [0.3, 0.4) is 0 Å². The van der Waals surface area contributed by atoms with E-state index in [9.17, 15) is 0 Å². The third-order valence-corrected chi connectivity index (χ3v) is 2.27. The van der Waals surface area contributed by atoms with Crippen LogP contribution in [0.1, 0.15) is 37.3 Å². The summed E-state index contributed by atoms with van der Waals surface area (Å²) in [5, 5.41) is 18.0. The van der Waals surface area contributed by atoms with Gasteiger partial charge in [0.15, 0.2) is 0 Å². The van der Waals surface area contributed by atoms with Crippen molar-refractivity contribution in [2.75, 3.05) is 0 Å². The zero-order chi connectivity index (χ0) is 12.0. The molecule has 80 valence electrons. The summed E-state index contributed by atoms with van der Waals surface area (Å²) in [6.45, 7) is 3.98. The van der Waals surface area contributed by atoms with Gasteiger partial charge in [-0.1, -0.05) is 11.6 Å². The maximum absolute atomic E-state index is 9.10. The van der Waals surface area contributed by atoms with E-state index < -0.39 is 0 Å². The van der Waals surface area contributed by atoms with Crippen molar-refractivity contribution in [3.8, 4) is 12.1 Å². The van der Waals surface area contributed by atoms with Crippen molar-refractivity contribution in [3.63, 3.8) is 0 Å². The first-order chi connectivity index (χ1) is 7.69. The Labute approximate surface area is 95.7 Å². The number of rotatable bonds is 3. The standard InChI is InChI=1S/C13H13N3/c1-10(2)3-4-11(7-14)13-9-16-6-5-12(13)8-15/h3,5-6,9,11H,4H2,1-2H3. The minimum atomic E-state index is -0.293. The average Bonchev–Trinajstić information content (AvgIpc) is 2.30. The lowest BCUT2D eigenvalue weighted by molar-refractivity contribution is 0.859. The lowest BCUT2D eigenvalue weighted by Gasteiger charge is -2.07. The predicted molar refractivity (Wildman–Crippen MR) is 61.4 cm³/mol. The molecule has 0 spiro atoms. The van der Waals surface area contributed by atoms with E-state index in [1.165, 1.54) is 5.57 Å². The Morgan fingerprint density at radius 1 is 1.50 bits per heavy atom. The van der Waals surface area contributed by atoms with Crippen molar-refractivity contribution in [1.29, 1.82) is 10.5 Å². The normalized spacial score (nSPS) is 11.0. The molecule has 0 N–H and O–H groups in total. The van der Waals surface area contributed by atoms with Gasteiger partial charge in [0.05, 0.1) is 23.6 Å². The molecule has 3 heteroatoms. The molecule has 1 heterocycles. The first kappa shape index (κ1) is 11.9. The zero-order valence-corrected chi connectivity index (χ0v) is 9.44. The van der Waals surface area contributed by atoms with E-state index >= 15 is 0 Å². The van der Waals surface area contributed by atoms with Crippen LogP contribution in [-0.2, 0) is 0 Å². The highest BCUT2D eigenvalue weighted by Crippen LogP contribution is 2.22. The third kappa shape index (κ3) is 2.93. The molecule has 16 heavy (non-hydrogen) atoms. The molecule has 0 aromatic carbocycles. The first-order valence-corrected chi connectivity index (χ1v) is 5.06. The van der Waals surface area contributed by atoms with Crippen LogP contribution in [0.5, 0.6) is 0 Å². The van der Waals surface area contributed by atoms with Crippen LogP contribution in [0.2, 0.25) is 0 Å². The van der Waals surface area contributed by atoms with E-state index in [1.807, 2.05) is 19.9 Å². The number of nitriles is 2. The van der Waals surface area contributed by atoms with Gasteiger partial charge in [-0.3, -0.25) is 4.98 Å². The smallest absolute Gasteiger partial charge is 0.0996 e. The number of allylic oxidation sites excluding steroid dienone is 2. The lowest BCUT2D eigenvalue weighted by Crippen LogP contribution is -1.99. The Hall–Kier alpha value is -2.13. The summed E-state index contributed by atoms with van der Waals surface area (Å²) in [5.74, 6) is -0.293. The second-order valence-electron chi connectivity index (χ2n) is 3.77. The van der Waals surface area contributed by atoms with Crippen LogP contribution in [0, 0.1) is 22.7 Å². The fourth-order valence-electron chi connectivity index (χ4n) is 1.39. The van der Waals surface area contributed by atoms with Crippen molar-refractivity contribution < 1.29 is 0 Å². The van der Waals surface area contributed by atoms with Crippen molar-refractivity contribution in [1.82, 2.24) is 4.98 Å². The summed E-state index contributed by atoms with van der Waals surface area (Å²) in [7, 11) is 0. The molecule has 0 amide bonds. The Balaban J connectivity index is 3.02. The Morgan fingerprint density at radius 2 is 2.25 bits per heavy atom. The highest BCUT2D eigenvalue weighted by molar-refractivity contribution is 5.40. The maximum Gasteiger partial charge on any atom is 0.0996 e. The van der Waals surface area contributed by atoms with Crippen molar-refractivity contribution in [2.24, 2.45) is 0 Å². The summed E-state index contributed by atoms with van der Waals surface area (Å²) < 4.78 is 0. The molecule has 0 aliphatic heterocycles. The monoisotopic (exact) mass is 211 g/mol. The maximum atomic E-state index is 9.10. The van der Waals surface area contributed by atoms with Gasteiger partial charge in [-0.25, -0.2) is 0 Å². The SMILES string of the molecule is CC(C)=CCC(C#N)c1cnccc1C#N. The van der Waals surface area contributed by atoms with Gasteiger partial charge in [0.1, 0.15) is 0 Å². The largest absolute Gasteiger partial charge is 0.264 e. The molecule has 1 rings (SSSR count). The molecule has 0 aliphatic rings. The predicted octanol–water partition coefficient (Wildman–Crippen LogP) is 2.92. The Kier molecular flexibility index (Phi) is 4.24. The van der Waals surface area contributed by atoms with E-state index in [0.717, 1.165) is 0 Å². The van der Waals surface area contributed by atoms with Crippen LogP contribution in [0.15, 0.2) is 30.1 Å². The van der Waals surface area contributed by atoms with E-state index in [-0.39, 0.29) is 5.92 Å². The van der Waals surface area contributed by atoms with Crippen LogP contribution < -0.4 is 0 Å². The Bertz CT molecular complexity index is 471. The highest BCUT2D eigenvalue weighted by atomic mass is 14.6. The van der Waals surface area contributed by atoms with Gasteiger partial charge in [-0.2, -0.15) is 10.5 Å². The van der Waals surface area contributed by atoms with E-state index in [1.54, 1.807) is 18.5 Å². The van der Waals surface area contributed by atoms with E-state index in [4.69, 9.17) is 10.5 Å². The van der Waals surface area contributed by atoms with Gasteiger partial charge in [0, 0.05) is 18.0 Å². The highest BCUT2D eigenvalue weighted by Gasteiger charge is 2.13. The van der Waals surface area contributed by atoms with Gasteiger partial charge in [-0.05, 0) is 26.3 Å². The molecule has 0 saturated carbocycles. The van der Waals surface area contributed by atoms with Crippen molar-refractivity contribution >= 4 is 0 Å². The molecule has 1 unspecified atom stereocenters. The Morgan fingerprint density at radius 3 is 2.81 bits per heavy atom. The third-order valence-electron chi connectivity index (χ3n) is 2.27. The molecule has 0 bridgehead atoms. The van der Waals surface area contributed by atoms with Gasteiger partial charge in [0.25, 0.3) is 0 Å². The van der Waals surface area contributed by atoms with Crippen LogP contribution >= 0.6 is 0 Å². The summed E-state index contributed by atoms with van der Waals surface area (Å²) in [6.07, 6.45) is 5.80. The molecule has 1 aromatic heterocycles. The summed E-state index contributed by atoms with van der Waals surface area (Å²) in [6, 6.07) is 5.94. The van der Waals surface area contributed by atoms with Crippen LogP contribution in [0.25, 0.3) is 0 Å². The topological polar surface area (TPSA) is 60.5 Å². The number of pyridine rings is 1. The van der Waals surface area contributed by atoms with E-state index in [2.05, 4.69) is 17.1 Å². The second-order valence-corrected chi connectivity index (χ2v) is 3.77. The number of nitrogens with zero attached hydrogens (tertiary/aromatic N) is 3. The fraction of sp³-hybridized carbons (Fsp3) is 0.308.